The van der Waals surface area contributed by atoms with Crippen LogP contribution in [0.1, 0.15) is 71.4 Å². The Labute approximate surface area is 202 Å². The summed E-state index contributed by atoms with van der Waals surface area (Å²) in [4.78, 5) is 35.5. The van der Waals surface area contributed by atoms with Gasteiger partial charge in [0.15, 0.2) is 0 Å². The van der Waals surface area contributed by atoms with Crippen LogP contribution >= 0.6 is 0 Å². The van der Waals surface area contributed by atoms with Gasteiger partial charge in [-0.05, 0) is 65.5 Å². The van der Waals surface area contributed by atoms with Crippen molar-refractivity contribution >= 4 is 18.2 Å². The molecule has 1 aromatic carbocycles. The van der Waals surface area contributed by atoms with Crippen molar-refractivity contribution in [3.8, 4) is 5.75 Å². The standard InChI is InChI=1S/C25H40N2O7/c1-17-12-11-13-18(2)22(17)31-16-19(3)27-24(30)33-20(4)32-21(28)14-9-8-10-15-26-23(29)34-25(5,6)7/h11-13,19-20H,8-10,14-16H2,1-7H3,(H,26,29)(H,27,30). The highest BCUT2D eigenvalue weighted by Gasteiger charge is 2.17. The second-order valence-electron chi connectivity index (χ2n) is 9.28. The SMILES string of the molecule is Cc1cccc(C)c1OCC(C)NC(=O)OC(C)OC(=O)CCCCCNC(=O)OC(C)(C)C. The highest BCUT2D eigenvalue weighted by molar-refractivity contribution is 5.70. The molecule has 192 valence electrons. The number of unbranched alkanes of at least 4 members (excludes halogenated alkanes) is 2. The van der Waals surface area contributed by atoms with Gasteiger partial charge < -0.3 is 29.6 Å². The van der Waals surface area contributed by atoms with Crippen LogP contribution in [0.25, 0.3) is 0 Å². The lowest BCUT2D eigenvalue weighted by molar-refractivity contribution is -0.165. The van der Waals surface area contributed by atoms with Crippen LogP contribution in [-0.2, 0) is 19.0 Å². The Morgan fingerprint density at radius 1 is 0.941 bits per heavy atom. The molecular formula is C25H40N2O7. The minimum Gasteiger partial charge on any atom is -0.491 e. The van der Waals surface area contributed by atoms with Crippen molar-refractivity contribution in [1.82, 2.24) is 10.6 Å². The number of amides is 2. The number of benzene rings is 1. The minimum absolute atomic E-state index is 0.196. The van der Waals surface area contributed by atoms with Gasteiger partial charge in [0.25, 0.3) is 0 Å². The lowest BCUT2D eigenvalue weighted by Crippen LogP contribution is -2.39. The molecule has 0 saturated carbocycles. The van der Waals surface area contributed by atoms with Crippen molar-refractivity contribution in [1.29, 1.82) is 0 Å². The van der Waals surface area contributed by atoms with Gasteiger partial charge in [-0.1, -0.05) is 24.6 Å². The largest absolute Gasteiger partial charge is 0.491 e. The highest BCUT2D eigenvalue weighted by Crippen LogP contribution is 2.22. The van der Waals surface area contributed by atoms with Gasteiger partial charge in [0.05, 0.1) is 6.04 Å². The van der Waals surface area contributed by atoms with Crippen molar-refractivity contribution in [3.05, 3.63) is 29.3 Å². The molecule has 0 fully saturated rings. The normalized spacial score (nSPS) is 12.8. The molecule has 0 saturated heterocycles. The molecule has 0 spiro atoms. The predicted molar refractivity (Wildman–Crippen MR) is 129 cm³/mol. The molecule has 2 N–H and O–H groups in total. The second kappa shape index (κ2) is 14.3. The number of hydrogen-bond donors (Lipinski definition) is 2. The van der Waals surface area contributed by atoms with E-state index in [0.717, 1.165) is 23.3 Å². The quantitative estimate of drug-likeness (QED) is 0.252. The lowest BCUT2D eigenvalue weighted by atomic mass is 10.1. The zero-order valence-corrected chi connectivity index (χ0v) is 21.5. The van der Waals surface area contributed by atoms with Gasteiger partial charge in [-0.25, -0.2) is 9.59 Å². The molecule has 0 aromatic heterocycles. The summed E-state index contributed by atoms with van der Waals surface area (Å²) in [6.45, 7) is 13.4. The Kier molecular flexibility index (Phi) is 12.2. The maximum absolute atomic E-state index is 12.0. The molecule has 0 heterocycles. The second-order valence-corrected chi connectivity index (χ2v) is 9.28. The van der Waals surface area contributed by atoms with Crippen LogP contribution in [0.15, 0.2) is 18.2 Å². The molecule has 9 nitrogen and oxygen atoms in total. The van der Waals surface area contributed by atoms with Crippen molar-refractivity contribution in [2.24, 2.45) is 0 Å². The first-order chi connectivity index (χ1) is 15.9. The third kappa shape index (κ3) is 12.9. The van der Waals surface area contributed by atoms with E-state index in [4.69, 9.17) is 18.9 Å². The van der Waals surface area contributed by atoms with Crippen LogP contribution in [0.5, 0.6) is 5.75 Å². The smallest absolute Gasteiger partial charge is 0.410 e. The first-order valence-electron chi connectivity index (χ1n) is 11.7. The number of aryl methyl sites for hydroxylation is 2. The van der Waals surface area contributed by atoms with Gasteiger partial charge in [-0.2, -0.15) is 0 Å². The molecule has 0 aliphatic carbocycles. The van der Waals surface area contributed by atoms with Crippen LogP contribution < -0.4 is 15.4 Å². The zero-order chi connectivity index (χ0) is 25.7. The fourth-order valence-electron chi connectivity index (χ4n) is 3.01. The van der Waals surface area contributed by atoms with Gasteiger partial charge in [-0.3, -0.25) is 4.79 Å². The molecule has 2 unspecified atom stereocenters. The average molecular weight is 481 g/mol. The molecular weight excluding hydrogens is 440 g/mol. The number of carbonyl (C=O) groups excluding carboxylic acids is 3. The molecule has 1 rings (SSSR count). The maximum Gasteiger partial charge on any atom is 0.410 e. The van der Waals surface area contributed by atoms with Gasteiger partial charge in [0, 0.05) is 19.9 Å². The fraction of sp³-hybridized carbons (Fsp3) is 0.640. The lowest BCUT2D eigenvalue weighted by Gasteiger charge is -2.19. The van der Waals surface area contributed by atoms with Crippen molar-refractivity contribution in [2.75, 3.05) is 13.2 Å². The van der Waals surface area contributed by atoms with E-state index in [1.807, 2.05) is 32.0 Å². The number of hydrogen-bond acceptors (Lipinski definition) is 7. The van der Waals surface area contributed by atoms with Crippen LogP contribution in [0.4, 0.5) is 9.59 Å². The van der Waals surface area contributed by atoms with Crippen molar-refractivity contribution in [3.63, 3.8) is 0 Å². The van der Waals surface area contributed by atoms with Gasteiger partial charge in [0.1, 0.15) is 18.0 Å². The minimum atomic E-state index is -1.01. The van der Waals surface area contributed by atoms with E-state index in [0.29, 0.717) is 19.4 Å². The Morgan fingerprint density at radius 2 is 1.59 bits per heavy atom. The molecule has 34 heavy (non-hydrogen) atoms. The number of ether oxygens (including phenoxy) is 4. The van der Waals surface area contributed by atoms with E-state index in [1.165, 1.54) is 6.92 Å². The molecule has 0 aliphatic heterocycles. The number of esters is 1. The van der Waals surface area contributed by atoms with Crippen LogP contribution in [-0.4, -0.2) is 49.2 Å². The summed E-state index contributed by atoms with van der Waals surface area (Å²) in [7, 11) is 0. The third-order valence-corrected chi connectivity index (χ3v) is 4.55. The molecule has 1 aromatic rings. The van der Waals surface area contributed by atoms with E-state index in [2.05, 4.69) is 10.6 Å². The maximum atomic E-state index is 12.0. The van der Waals surface area contributed by atoms with Crippen LogP contribution in [0, 0.1) is 13.8 Å². The molecule has 0 bridgehead atoms. The van der Waals surface area contributed by atoms with Crippen LogP contribution in [0.3, 0.4) is 0 Å². The summed E-state index contributed by atoms with van der Waals surface area (Å²) < 4.78 is 21.2. The summed E-state index contributed by atoms with van der Waals surface area (Å²) in [5.74, 6) is 0.347. The third-order valence-electron chi connectivity index (χ3n) is 4.55. The summed E-state index contributed by atoms with van der Waals surface area (Å²) >= 11 is 0. The Balaban J connectivity index is 2.17. The Morgan fingerprint density at radius 3 is 2.21 bits per heavy atom. The Hall–Kier alpha value is -2.97. The van der Waals surface area contributed by atoms with Crippen molar-refractivity contribution < 1.29 is 33.3 Å². The molecule has 9 heteroatoms. The number of carbonyl (C=O) groups is 3. The number of alkyl carbamates (subject to hydrolysis) is 2. The molecule has 0 aliphatic rings. The number of para-hydroxylation sites is 1. The molecule has 2 atom stereocenters. The summed E-state index contributed by atoms with van der Waals surface area (Å²) in [6, 6.07) is 5.59. The fourth-order valence-corrected chi connectivity index (χ4v) is 3.01. The highest BCUT2D eigenvalue weighted by atomic mass is 16.7. The number of nitrogens with one attached hydrogen (secondary N) is 2. The first-order valence-corrected chi connectivity index (χ1v) is 11.7. The van der Waals surface area contributed by atoms with Gasteiger partial charge in [-0.15, -0.1) is 0 Å². The van der Waals surface area contributed by atoms with E-state index >= 15 is 0 Å². The summed E-state index contributed by atoms with van der Waals surface area (Å²) in [6.07, 6.45) is 0.0884. The van der Waals surface area contributed by atoms with Gasteiger partial charge in [0.2, 0.25) is 6.29 Å². The van der Waals surface area contributed by atoms with Gasteiger partial charge >= 0.3 is 18.2 Å². The predicted octanol–water partition coefficient (Wildman–Crippen LogP) is 4.77. The van der Waals surface area contributed by atoms with E-state index in [-0.39, 0.29) is 19.1 Å². The number of rotatable bonds is 12. The summed E-state index contributed by atoms with van der Waals surface area (Å²) in [5, 5.41) is 5.33. The zero-order valence-electron chi connectivity index (χ0n) is 21.5. The van der Waals surface area contributed by atoms with Crippen molar-refractivity contribution in [2.45, 2.75) is 92.1 Å². The van der Waals surface area contributed by atoms with Crippen LogP contribution in [0.2, 0.25) is 0 Å². The van der Waals surface area contributed by atoms with E-state index < -0.39 is 30.0 Å². The average Bonchev–Trinajstić information content (AvgIpc) is 2.68. The molecule has 0 radical (unpaired) electrons. The van der Waals surface area contributed by atoms with E-state index in [9.17, 15) is 14.4 Å². The Bertz CT molecular complexity index is 785. The topological polar surface area (TPSA) is 112 Å². The first kappa shape index (κ1) is 29.1. The molecule has 2 amide bonds. The summed E-state index contributed by atoms with van der Waals surface area (Å²) in [5.41, 5.74) is 1.51. The van der Waals surface area contributed by atoms with E-state index in [1.54, 1.807) is 27.7 Å². The monoisotopic (exact) mass is 480 g/mol.